The number of aryl methyl sites for hydroxylation is 2. The first-order valence-corrected chi connectivity index (χ1v) is 12.3. The SMILES string of the molecule is Cc1nnc2sc(C(=O)NC3CCN(S(=O)(=O)c4ccccc4OC(F)(F)F)C3)c(N)c2c1C. The molecule has 3 N–H and O–H groups in total. The lowest BCUT2D eigenvalue weighted by molar-refractivity contribution is -0.275. The molecule has 1 atom stereocenters. The summed E-state index contributed by atoms with van der Waals surface area (Å²) in [5.41, 5.74) is 7.97. The summed E-state index contributed by atoms with van der Waals surface area (Å²) in [5, 5.41) is 11.5. The number of hydrogen-bond donors (Lipinski definition) is 2. The number of benzene rings is 1. The van der Waals surface area contributed by atoms with E-state index in [0.29, 0.717) is 15.9 Å². The molecule has 182 valence electrons. The molecule has 34 heavy (non-hydrogen) atoms. The highest BCUT2D eigenvalue weighted by Crippen LogP contribution is 2.35. The van der Waals surface area contributed by atoms with Crippen LogP contribution in [-0.2, 0) is 10.0 Å². The second kappa shape index (κ2) is 8.67. The standard InChI is InChI=1S/C20H20F3N5O4S2/c1-10-11(2)26-27-19-15(10)16(24)17(33-19)18(29)25-12-7-8-28(9-12)34(30,31)14-6-4-3-5-13(14)32-20(21,22)23/h3-6,12H,7-9,24H2,1-2H3,(H,25,29). The van der Waals surface area contributed by atoms with Gasteiger partial charge in [-0.15, -0.1) is 29.6 Å². The molecule has 2 aromatic heterocycles. The van der Waals surface area contributed by atoms with E-state index in [4.69, 9.17) is 5.73 Å². The number of carbonyl (C=O) groups is 1. The number of para-hydroxylation sites is 1. The average molecular weight is 516 g/mol. The molecule has 1 saturated heterocycles. The number of nitrogens with two attached hydrogens (primary N) is 1. The maximum absolute atomic E-state index is 13.0. The Hall–Kier alpha value is -2.97. The van der Waals surface area contributed by atoms with Crippen LogP contribution in [0.1, 0.15) is 27.3 Å². The number of fused-ring (bicyclic) bond motifs is 1. The number of ether oxygens (including phenoxy) is 1. The number of carbonyl (C=O) groups excluding carboxylic acids is 1. The van der Waals surface area contributed by atoms with Gasteiger partial charge in [-0.1, -0.05) is 12.1 Å². The van der Waals surface area contributed by atoms with Crippen LogP contribution in [0.25, 0.3) is 10.2 Å². The molecule has 14 heteroatoms. The fourth-order valence-corrected chi connectivity index (χ4v) is 6.35. The van der Waals surface area contributed by atoms with E-state index >= 15 is 0 Å². The molecule has 1 aliphatic heterocycles. The smallest absolute Gasteiger partial charge is 0.404 e. The number of alkyl halides is 3. The molecule has 0 radical (unpaired) electrons. The van der Waals surface area contributed by atoms with Gasteiger partial charge in [-0.3, -0.25) is 4.79 Å². The molecule has 1 fully saturated rings. The van der Waals surface area contributed by atoms with Crippen molar-refractivity contribution in [3.05, 3.63) is 40.4 Å². The zero-order chi connectivity index (χ0) is 24.8. The minimum atomic E-state index is -5.04. The Morgan fingerprint density at radius 3 is 2.68 bits per heavy atom. The van der Waals surface area contributed by atoms with Crippen LogP contribution < -0.4 is 15.8 Å². The predicted molar refractivity (Wildman–Crippen MR) is 119 cm³/mol. The molecule has 3 heterocycles. The van der Waals surface area contributed by atoms with Gasteiger partial charge in [0.05, 0.1) is 11.4 Å². The van der Waals surface area contributed by atoms with E-state index in [2.05, 4.69) is 20.3 Å². The van der Waals surface area contributed by atoms with Crippen LogP contribution >= 0.6 is 11.3 Å². The van der Waals surface area contributed by atoms with Crippen molar-refractivity contribution in [3.8, 4) is 5.75 Å². The monoisotopic (exact) mass is 515 g/mol. The first kappa shape index (κ1) is 24.2. The molecule has 1 aliphatic rings. The Balaban J connectivity index is 1.52. The van der Waals surface area contributed by atoms with Gasteiger partial charge >= 0.3 is 6.36 Å². The minimum Gasteiger partial charge on any atom is -0.404 e. The maximum Gasteiger partial charge on any atom is 0.573 e. The second-order valence-corrected chi connectivity index (χ2v) is 10.7. The molecule has 1 aromatic carbocycles. The molecular formula is C20H20F3N5O4S2. The molecule has 0 spiro atoms. The summed E-state index contributed by atoms with van der Waals surface area (Å²) in [5.74, 6) is -1.30. The molecule has 1 unspecified atom stereocenters. The van der Waals surface area contributed by atoms with Crippen LogP contribution in [0, 0.1) is 13.8 Å². The first-order valence-electron chi connectivity index (χ1n) is 10.1. The summed E-state index contributed by atoms with van der Waals surface area (Å²) in [7, 11) is -4.30. The molecule has 9 nitrogen and oxygen atoms in total. The van der Waals surface area contributed by atoms with Crippen molar-refractivity contribution in [2.45, 2.75) is 37.6 Å². The predicted octanol–water partition coefficient (Wildman–Crippen LogP) is 2.98. The van der Waals surface area contributed by atoms with Crippen molar-refractivity contribution in [1.82, 2.24) is 19.8 Å². The number of hydrogen-bond acceptors (Lipinski definition) is 8. The third-order valence-corrected chi connectivity index (χ3v) is 8.51. The van der Waals surface area contributed by atoms with Gasteiger partial charge in [0.25, 0.3) is 5.91 Å². The molecular weight excluding hydrogens is 495 g/mol. The quantitative estimate of drug-likeness (QED) is 0.535. The second-order valence-electron chi connectivity index (χ2n) is 7.75. The lowest BCUT2D eigenvalue weighted by atomic mass is 10.1. The number of anilines is 1. The summed E-state index contributed by atoms with van der Waals surface area (Å²) in [6.45, 7) is 3.51. The first-order chi connectivity index (χ1) is 15.9. The zero-order valence-corrected chi connectivity index (χ0v) is 19.6. The number of nitrogens with zero attached hydrogens (tertiary/aromatic N) is 3. The van der Waals surface area contributed by atoms with Crippen molar-refractivity contribution in [3.63, 3.8) is 0 Å². The average Bonchev–Trinajstić information content (AvgIpc) is 3.35. The summed E-state index contributed by atoms with van der Waals surface area (Å²) in [6, 6.07) is 3.98. The van der Waals surface area contributed by atoms with Gasteiger partial charge in [-0.25, -0.2) is 8.42 Å². The van der Waals surface area contributed by atoms with E-state index in [0.717, 1.165) is 33.3 Å². The number of rotatable bonds is 5. The molecule has 1 amide bonds. The lowest BCUT2D eigenvalue weighted by Crippen LogP contribution is -2.38. The highest BCUT2D eigenvalue weighted by atomic mass is 32.2. The van der Waals surface area contributed by atoms with Crippen molar-refractivity contribution < 1.29 is 31.1 Å². The highest BCUT2D eigenvalue weighted by molar-refractivity contribution is 7.89. The molecule has 0 saturated carbocycles. The molecule has 3 aromatic rings. The molecule has 0 aliphatic carbocycles. The summed E-state index contributed by atoms with van der Waals surface area (Å²) in [4.78, 5) is 13.0. The van der Waals surface area contributed by atoms with Gasteiger partial charge in [-0.2, -0.15) is 9.40 Å². The number of aromatic nitrogens is 2. The Bertz CT molecular complexity index is 1370. The summed E-state index contributed by atoms with van der Waals surface area (Å²) in [6.07, 6.45) is -4.77. The van der Waals surface area contributed by atoms with E-state index < -0.39 is 39.0 Å². The lowest BCUT2D eigenvalue weighted by Gasteiger charge is -2.19. The van der Waals surface area contributed by atoms with Crippen LogP contribution in [0.15, 0.2) is 29.2 Å². The van der Waals surface area contributed by atoms with Crippen molar-refractivity contribution in [2.24, 2.45) is 0 Å². The van der Waals surface area contributed by atoms with Gasteiger partial charge in [0.1, 0.15) is 20.4 Å². The number of nitrogen functional groups attached to an aromatic ring is 1. The van der Waals surface area contributed by atoms with E-state index in [1.54, 1.807) is 6.92 Å². The van der Waals surface area contributed by atoms with Crippen molar-refractivity contribution in [1.29, 1.82) is 0 Å². The Kier molecular flexibility index (Phi) is 6.16. The van der Waals surface area contributed by atoms with Gasteiger partial charge in [0.15, 0.2) is 0 Å². The van der Waals surface area contributed by atoms with Gasteiger partial charge < -0.3 is 15.8 Å². The zero-order valence-electron chi connectivity index (χ0n) is 18.0. The largest absolute Gasteiger partial charge is 0.573 e. The fraction of sp³-hybridized carbons (Fsp3) is 0.350. The minimum absolute atomic E-state index is 0.0132. The number of thiophene rings is 1. The third-order valence-electron chi connectivity index (χ3n) is 5.52. The van der Waals surface area contributed by atoms with Crippen LogP contribution in [0.2, 0.25) is 0 Å². The van der Waals surface area contributed by atoms with Crippen molar-refractivity contribution in [2.75, 3.05) is 18.8 Å². The molecule has 0 bridgehead atoms. The number of nitrogens with one attached hydrogen (secondary N) is 1. The van der Waals surface area contributed by atoms with Crippen LogP contribution in [0.5, 0.6) is 5.75 Å². The third kappa shape index (κ3) is 4.52. The van der Waals surface area contributed by atoms with Gasteiger partial charge in [0, 0.05) is 24.5 Å². The fourth-order valence-electron chi connectivity index (χ4n) is 3.74. The Morgan fingerprint density at radius 1 is 1.26 bits per heavy atom. The number of halogens is 3. The van der Waals surface area contributed by atoms with Crippen molar-refractivity contribution >= 4 is 43.2 Å². The summed E-state index contributed by atoms with van der Waals surface area (Å²) < 4.78 is 69.1. The maximum atomic E-state index is 13.0. The normalized spacial score (nSPS) is 17.3. The van der Waals surface area contributed by atoms with E-state index in [1.807, 2.05) is 6.92 Å². The van der Waals surface area contributed by atoms with E-state index in [1.165, 1.54) is 12.1 Å². The number of amides is 1. The van der Waals surface area contributed by atoms with Crippen LogP contribution in [-0.4, -0.2) is 54.3 Å². The summed E-state index contributed by atoms with van der Waals surface area (Å²) >= 11 is 1.08. The van der Waals surface area contributed by atoms with Gasteiger partial charge in [0.2, 0.25) is 10.0 Å². The van der Waals surface area contributed by atoms with Crippen LogP contribution in [0.3, 0.4) is 0 Å². The Labute approximate surface area is 196 Å². The molecule has 4 rings (SSSR count). The topological polar surface area (TPSA) is 128 Å². The number of sulfonamides is 1. The van der Waals surface area contributed by atoms with E-state index in [9.17, 15) is 26.4 Å². The van der Waals surface area contributed by atoms with Gasteiger partial charge in [-0.05, 0) is 38.0 Å². The van der Waals surface area contributed by atoms with Crippen LogP contribution in [0.4, 0.5) is 18.9 Å². The highest BCUT2D eigenvalue weighted by Gasteiger charge is 2.38. The van der Waals surface area contributed by atoms with E-state index in [-0.39, 0.29) is 30.1 Å². The Morgan fingerprint density at radius 2 is 1.97 bits per heavy atom.